The van der Waals surface area contributed by atoms with E-state index in [1.165, 1.54) is 10.9 Å². The Bertz CT molecular complexity index is 621. The molecule has 0 unspecified atom stereocenters. The molecule has 0 saturated carbocycles. The molecule has 4 heteroatoms. The minimum Gasteiger partial charge on any atom is -0.355 e. The van der Waals surface area contributed by atoms with Crippen molar-refractivity contribution in [3.63, 3.8) is 0 Å². The zero-order chi connectivity index (χ0) is 13.9. The van der Waals surface area contributed by atoms with Crippen molar-refractivity contribution >= 4 is 16.8 Å². The summed E-state index contributed by atoms with van der Waals surface area (Å²) in [7, 11) is 0. The Kier molecular flexibility index (Phi) is 3.65. The van der Waals surface area contributed by atoms with Crippen molar-refractivity contribution < 1.29 is 4.79 Å². The fraction of sp³-hybridized carbons (Fsp3) is 0.375. The van der Waals surface area contributed by atoms with Crippen LogP contribution in [0, 0.1) is 0 Å². The number of pyridine rings is 1. The Labute approximate surface area is 118 Å². The van der Waals surface area contributed by atoms with E-state index in [1.54, 1.807) is 0 Å². The van der Waals surface area contributed by atoms with Crippen molar-refractivity contribution in [2.45, 2.75) is 25.9 Å². The van der Waals surface area contributed by atoms with Gasteiger partial charge < -0.3 is 5.32 Å². The van der Waals surface area contributed by atoms with E-state index >= 15 is 0 Å². The van der Waals surface area contributed by atoms with Gasteiger partial charge in [-0.15, -0.1) is 0 Å². The smallest absolute Gasteiger partial charge is 0.221 e. The van der Waals surface area contributed by atoms with Gasteiger partial charge in [-0.25, -0.2) is 0 Å². The third-order valence-electron chi connectivity index (χ3n) is 3.96. The van der Waals surface area contributed by atoms with Gasteiger partial charge in [-0.05, 0) is 24.6 Å². The fourth-order valence-electron chi connectivity index (χ4n) is 2.69. The van der Waals surface area contributed by atoms with Gasteiger partial charge >= 0.3 is 0 Å². The summed E-state index contributed by atoms with van der Waals surface area (Å²) in [6.07, 6.45) is 2.44. The lowest BCUT2D eigenvalue weighted by atomic mass is 10.1. The number of hydrogen-bond donors (Lipinski definition) is 1. The van der Waals surface area contributed by atoms with Crippen LogP contribution in [0.4, 0.5) is 0 Å². The molecule has 1 fully saturated rings. The molecule has 1 aliphatic heterocycles. The second-order valence-electron chi connectivity index (χ2n) is 5.36. The Morgan fingerprint density at radius 1 is 1.35 bits per heavy atom. The van der Waals surface area contributed by atoms with Crippen LogP contribution in [0.5, 0.6) is 0 Å². The normalized spacial score (nSPS) is 20.6. The first-order chi connectivity index (χ1) is 9.74. The maximum absolute atomic E-state index is 11.5. The van der Waals surface area contributed by atoms with E-state index in [0.29, 0.717) is 12.5 Å². The molecule has 20 heavy (non-hydrogen) atoms. The lowest BCUT2D eigenvalue weighted by Crippen LogP contribution is -2.37. The standard InChI is InChI=1S/C16H19N3O/c1-12-10-18-16(20)7-9-19(12)11-13-6-8-17-15-5-3-2-4-14(13)15/h2-6,8,12H,7,9-11H2,1H3,(H,18,20)/t12-/m1/s1. The predicted octanol–water partition coefficient (Wildman–Crippen LogP) is 1.95. The average Bonchev–Trinajstić information content (AvgIpc) is 2.63. The summed E-state index contributed by atoms with van der Waals surface area (Å²) in [6, 6.07) is 10.6. The van der Waals surface area contributed by atoms with Gasteiger partial charge in [0.05, 0.1) is 5.52 Å². The SMILES string of the molecule is C[C@@H]1CNC(=O)CCN1Cc1ccnc2ccccc12. The maximum atomic E-state index is 11.5. The molecule has 1 aliphatic rings. The molecule has 0 bridgehead atoms. The molecule has 1 saturated heterocycles. The Morgan fingerprint density at radius 2 is 2.20 bits per heavy atom. The summed E-state index contributed by atoms with van der Waals surface area (Å²) in [5.74, 6) is 0.152. The van der Waals surface area contributed by atoms with Crippen molar-refractivity contribution in [2.75, 3.05) is 13.1 Å². The van der Waals surface area contributed by atoms with Crippen LogP contribution >= 0.6 is 0 Å². The van der Waals surface area contributed by atoms with E-state index in [4.69, 9.17) is 0 Å². The highest BCUT2D eigenvalue weighted by atomic mass is 16.1. The Hall–Kier alpha value is -1.94. The molecule has 2 aromatic rings. The molecular formula is C16H19N3O. The first-order valence-electron chi connectivity index (χ1n) is 7.07. The summed E-state index contributed by atoms with van der Waals surface area (Å²) < 4.78 is 0. The van der Waals surface area contributed by atoms with Crippen molar-refractivity contribution in [1.29, 1.82) is 0 Å². The molecule has 3 rings (SSSR count). The van der Waals surface area contributed by atoms with Crippen LogP contribution in [-0.2, 0) is 11.3 Å². The molecule has 0 aliphatic carbocycles. The number of fused-ring (bicyclic) bond motifs is 1. The molecule has 1 N–H and O–H groups in total. The minimum absolute atomic E-state index is 0.152. The fourth-order valence-corrected chi connectivity index (χ4v) is 2.69. The number of hydrogen-bond acceptors (Lipinski definition) is 3. The minimum atomic E-state index is 0.152. The van der Waals surface area contributed by atoms with E-state index in [0.717, 1.165) is 25.2 Å². The summed E-state index contributed by atoms with van der Waals surface area (Å²) >= 11 is 0. The number of nitrogens with one attached hydrogen (secondary N) is 1. The van der Waals surface area contributed by atoms with Gasteiger partial charge in [0.2, 0.25) is 5.91 Å². The van der Waals surface area contributed by atoms with Gasteiger partial charge in [0.25, 0.3) is 0 Å². The number of nitrogens with zero attached hydrogens (tertiary/aromatic N) is 2. The molecular weight excluding hydrogens is 250 g/mol. The summed E-state index contributed by atoms with van der Waals surface area (Å²) in [6.45, 7) is 4.56. The van der Waals surface area contributed by atoms with Gasteiger partial charge in [0.15, 0.2) is 0 Å². The van der Waals surface area contributed by atoms with Crippen LogP contribution in [0.2, 0.25) is 0 Å². The van der Waals surface area contributed by atoms with Crippen LogP contribution in [0.25, 0.3) is 10.9 Å². The van der Waals surface area contributed by atoms with Gasteiger partial charge in [0, 0.05) is 43.7 Å². The van der Waals surface area contributed by atoms with E-state index in [-0.39, 0.29) is 5.91 Å². The highest BCUT2D eigenvalue weighted by molar-refractivity contribution is 5.81. The predicted molar refractivity (Wildman–Crippen MR) is 79.2 cm³/mol. The molecule has 4 nitrogen and oxygen atoms in total. The van der Waals surface area contributed by atoms with Gasteiger partial charge in [-0.3, -0.25) is 14.7 Å². The van der Waals surface area contributed by atoms with Crippen molar-refractivity contribution in [1.82, 2.24) is 15.2 Å². The van der Waals surface area contributed by atoms with Crippen molar-refractivity contribution in [3.05, 3.63) is 42.1 Å². The maximum Gasteiger partial charge on any atom is 0.221 e. The number of carbonyl (C=O) groups is 1. The topological polar surface area (TPSA) is 45.2 Å². The number of rotatable bonds is 2. The zero-order valence-corrected chi connectivity index (χ0v) is 11.7. The van der Waals surface area contributed by atoms with Gasteiger partial charge in [-0.2, -0.15) is 0 Å². The molecule has 1 aromatic carbocycles. The van der Waals surface area contributed by atoms with E-state index in [2.05, 4.69) is 34.3 Å². The number of amides is 1. The Morgan fingerprint density at radius 3 is 3.10 bits per heavy atom. The first-order valence-corrected chi connectivity index (χ1v) is 7.07. The third kappa shape index (κ3) is 2.65. The molecule has 1 aromatic heterocycles. The van der Waals surface area contributed by atoms with Crippen molar-refractivity contribution in [2.24, 2.45) is 0 Å². The Balaban J connectivity index is 1.87. The highest BCUT2D eigenvalue weighted by Crippen LogP contribution is 2.19. The zero-order valence-electron chi connectivity index (χ0n) is 11.7. The third-order valence-corrected chi connectivity index (χ3v) is 3.96. The molecule has 2 heterocycles. The van der Waals surface area contributed by atoms with Gasteiger partial charge in [-0.1, -0.05) is 18.2 Å². The van der Waals surface area contributed by atoms with Crippen LogP contribution < -0.4 is 5.32 Å². The summed E-state index contributed by atoms with van der Waals surface area (Å²) in [4.78, 5) is 18.3. The summed E-state index contributed by atoms with van der Waals surface area (Å²) in [5, 5.41) is 4.15. The number of para-hydroxylation sites is 1. The second-order valence-corrected chi connectivity index (χ2v) is 5.36. The van der Waals surface area contributed by atoms with E-state index < -0.39 is 0 Å². The van der Waals surface area contributed by atoms with Gasteiger partial charge in [0.1, 0.15) is 0 Å². The molecule has 1 atom stereocenters. The number of aromatic nitrogens is 1. The lowest BCUT2D eigenvalue weighted by molar-refractivity contribution is -0.120. The van der Waals surface area contributed by atoms with Crippen molar-refractivity contribution in [3.8, 4) is 0 Å². The lowest BCUT2D eigenvalue weighted by Gasteiger charge is -2.26. The monoisotopic (exact) mass is 269 g/mol. The first kappa shape index (κ1) is 13.1. The van der Waals surface area contributed by atoms with Crippen LogP contribution in [-0.4, -0.2) is 34.9 Å². The average molecular weight is 269 g/mol. The quantitative estimate of drug-likeness (QED) is 0.906. The molecule has 104 valence electrons. The summed E-state index contributed by atoms with van der Waals surface area (Å²) in [5.41, 5.74) is 2.30. The molecule has 0 radical (unpaired) electrons. The van der Waals surface area contributed by atoms with Crippen LogP contribution in [0.3, 0.4) is 0 Å². The van der Waals surface area contributed by atoms with Crippen LogP contribution in [0.15, 0.2) is 36.5 Å². The molecule has 0 spiro atoms. The van der Waals surface area contributed by atoms with E-state index in [1.807, 2.05) is 24.4 Å². The number of benzene rings is 1. The molecule has 1 amide bonds. The largest absolute Gasteiger partial charge is 0.355 e. The second kappa shape index (κ2) is 5.59. The van der Waals surface area contributed by atoms with E-state index in [9.17, 15) is 4.79 Å². The number of carbonyl (C=O) groups excluding carboxylic acids is 1. The van der Waals surface area contributed by atoms with Crippen LogP contribution in [0.1, 0.15) is 18.9 Å². The highest BCUT2D eigenvalue weighted by Gasteiger charge is 2.20.